The second-order valence-corrected chi connectivity index (χ2v) is 8.70. The standard InChI is InChI=1S/C33H25N/c1-24-22-29(34(27-14-4-2-5-15-27)28-16-6-3-7-17-28)20-21-30(24)33-31-18-10-8-12-25(31)23-26-13-9-11-19-32(26)33/h2-23H,1H3. The first kappa shape index (κ1) is 20.3. The minimum absolute atomic E-state index is 1.15. The molecule has 1 heteroatoms. The maximum absolute atomic E-state index is 2.32. The van der Waals surface area contributed by atoms with E-state index in [1.807, 2.05) is 0 Å². The Hall–Kier alpha value is -4.36. The van der Waals surface area contributed by atoms with Gasteiger partial charge in [-0.3, -0.25) is 0 Å². The van der Waals surface area contributed by atoms with Crippen LogP contribution in [0.2, 0.25) is 0 Å². The van der Waals surface area contributed by atoms with Crippen LogP contribution >= 0.6 is 0 Å². The number of rotatable bonds is 4. The largest absolute Gasteiger partial charge is 0.310 e. The van der Waals surface area contributed by atoms with Crippen molar-refractivity contribution >= 4 is 38.6 Å². The second-order valence-electron chi connectivity index (χ2n) is 8.70. The zero-order valence-electron chi connectivity index (χ0n) is 19.1. The summed E-state index contributed by atoms with van der Waals surface area (Å²) in [5.41, 5.74) is 7.30. The fourth-order valence-electron chi connectivity index (χ4n) is 4.97. The third-order valence-corrected chi connectivity index (χ3v) is 6.54. The van der Waals surface area contributed by atoms with E-state index in [2.05, 4.69) is 145 Å². The van der Waals surface area contributed by atoms with Crippen molar-refractivity contribution in [2.24, 2.45) is 0 Å². The molecule has 0 aromatic heterocycles. The topological polar surface area (TPSA) is 3.24 Å². The summed E-state index contributed by atoms with van der Waals surface area (Å²) in [6.45, 7) is 2.23. The van der Waals surface area contributed by atoms with E-state index in [0.29, 0.717) is 0 Å². The molecule has 0 bridgehead atoms. The molecule has 0 radical (unpaired) electrons. The summed E-state index contributed by atoms with van der Waals surface area (Å²) in [6.07, 6.45) is 0. The molecular formula is C33H25N. The number of para-hydroxylation sites is 2. The predicted molar refractivity (Wildman–Crippen MR) is 146 cm³/mol. The zero-order chi connectivity index (χ0) is 22.9. The third kappa shape index (κ3) is 3.52. The molecule has 0 fully saturated rings. The molecule has 162 valence electrons. The van der Waals surface area contributed by atoms with Gasteiger partial charge in [0.15, 0.2) is 0 Å². The number of fused-ring (bicyclic) bond motifs is 2. The van der Waals surface area contributed by atoms with Crippen LogP contribution in [-0.2, 0) is 0 Å². The molecule has 6 aromatic carbocycles. The van der Waals surface area contributed by atoms with Gasteiger partial charge in [0, 0.05) is 17.1 Å². The summed E-state index contributed by atoms with van der Waals surface area (Å²) < 4.78 is 0. The summed E-state index contributed by atoms with van der Waals surface area (Å²) in [7, 11) is 0. The molecule has 6 rings (SSSR count). The molecule has 0 saturated carbocycles. The third-order valence-electron chi connectivity index (χ3n) is 6.54. The second kappa shape index (κ2) is 8.53. The molecule has 34 heavy (non-hydrogen) atoms. The molecule has 0 saturated heterocycles. The number of nitrogens with zero attached hydrogens (tertiary/aromatic N) is 1. The van der Waals surface area contributed by atoms with Gasteiger partial charge in [0.1, 0.15) is 0 Å². The Morgan fingerprint density at radius 1 is 0.441 bits per heavy atom. The molecule has 0 aliphatic rings. The molecule has 0 unspecified atom stereocenters. The van der Waals surface area contributed by atoms with Crippen molar-refractivity contribution in [2.45, 2.75) is 6.92 Å². The van der Waals surface area contributed by atoms with Crippen molar-refractivity contribution in [3.05, 3.63) is 139 Å². The van der Waals surface area contributed by atoms with E-state index in [0.717, 1.165) is 17.1 Å². The lowest BCUT2D eigenvalue weighted by Crippen LogP contribution is -2.10. The van der Waals surface area contributed by atoms with Crippen LogP contribution in [0.3, 0.4) is 0 Å². The van der Waals surface area contributed by atoms with E-state index in [1.54, 1.807) is 0 Å². The Morgan fingerprint density at radius 3 is 1.47 bits per heavy atom. The highest BCUT2D eigenvalue weighted by molar-refractivity contribution is 6.13. The van der Waals surface area contributed by atoms with Crippen LogP contribution in [0.5, 0.6) is 0 Å². The highest BCUT2D eigenvalue weighted by Crippen LogP contribution is 2.41. The number of hydrogen-bond acceptors (Lipinski definition) is 1. The van der Waals surface area contributed by atoms with Gasteiger partial charge in [0.05, 0.1) is 0 Å². The molecule has 0 aliphatic carbocycles. The molecule has 6 aromatic rings. The summed E-state index contributed by atoms with van der Waals surface area (Å²) in [5, 5.41) is 5.13. The number of anilines is 3. The van der Waals surface area contributed by atoms with Crippen LogP contribution in [0.4, 0.5) is 17.1 Å². The minimum Gasteiger partial charge on any atom is -0.310 e. The Morgan fingerprint density at radius 2 is 0.941 bits per heavy atom. The molecule has 0 N–H and O–H groups in total. The Kier molecular flexibility index (Phi) is 5.08. The fraction of sp³-hybridized carbons (Fsp3) is 0.0303. The highest BCUT2D eigenvalue weighted by Gasteiger charge is 2.16. The fourth-order valence-corrected chi connectivity index (χ4v) is 4.97. The molecule has 0 heterocycles. The van der Waals surface area contributed by atoms with Crippen molar-refractivity contribution in [2.75, 3.05) is 4.90 Å². The molecule has 1 nitrogen and oxygen atoms in total. The minimum atomic E-state index is 1.15. The first-order valence-corrected chi connectivity index (χ1v) is 11.7. The lowest BCUT2D eigenvalue weighted by molar-refractivity contribution is 1.27. The first-order valence-electron chi connectivity index (χ1n) is 11.7. The summed E-state index contributed by atoms with van der Waals surface area (Å²) in [4.78, 5) is 2.32. The van der Waals surface area contributed by atoms with E-state index in [4.69, 9.17) is 0 Å². The van der Waals surface area contributed by atoms with E-state index >= 15 is 0 Å². The average molecular weight is 436 g/mol. The Labute approximate surface area is 200 Å². The van der Waals surface area contributed by atoms with Gasteiger partial charge in [0.25, 0.3) is 0 Å². The van der Waals surface area contributed by atoms with Gasteiger partial charge in [-0.25, -0.2) is 0 Å². The number of hydrogen-bond donors (Lipinski definition) is 0. The maximum Gasteiger partial charge on any atom is 0.0464 e. The van der Waals surface area contributed by atoms with Crippen LogP contribution in [0.15, 0.2) is 133 Å². The quantitative estimate of drug-likeness (QED) is 0.249. The molecule has 0 atom stereocenters. The zero-order valence-corrected chi connectivity index (χ0v) is 19.1. The Bertz CT molecular complexity index is 1510. The van der Waals surface area contributed by atoms with Crippen LogP contribution in [0, 0.1) is 6.92 Å². The van der Waals surface area contributed by atoms with Gasteiger partial charge >= 0.3 is 0 Å². The summed E-state index contributed by atoms with van der Waals surface area (Å²) >= 11 is 0. The Balaban J connectivity index is 1.56. The van der Waals surface area contributed by atoms with E-state index < -0.39 is 0 Å². The van der Waals surface area contributed by atoms with Gasteiger partial charge in [-0.05, 0) is 87.6 Å². The van der Waals surface area contributed by atoms with Crippen LogP contribution in [0.1, 0.15) is 5.56 Å². The first-order chi connectivity index (χ1) is 16.8. The molecule has 0 amide bonds. The van der Waals surface area contributed by atoms with Crippen molar-refractivity contribution in [3.8, 4) is 11.1 Å². The molecular weight excluding hydrogens is 410 g/mol. The van der Waals surface area contributed by atoms with Crippen molar-refractivity contribution < 1.29 is 0 Å². The predicted octanol–water partition coefficient (Wildman–Crippen LogP) is 9.44. The normalized spacial score (nSPS) is 11.1. The van der Waals surface area contributed by atoms with Gasteiger partial charge in [0.2, 0.25) is 0 Å². The number of benzene rings is 6. The van der Waals surface area contributed by atoms with Crippen LogP contribution in [-0.4, -0.2) is 0 Å². The van der Waals surface area contributed by atoms with Crippen LogP contribution < -0.4 is 4.90 Å². The van der Waals surface area contributed by atoms with Gasteiger partial charge < -0.3 is 4.90 Å². The number of aryl methyl sites for hydroxylation is 1. The summed E-state index contributed by atoms with van der Waals surface area (Å²) in [6, 6.07) is 47.7. The summed E-state index contributed by atoms with van der Waals surface area (Å²) in [5.74, 6) is 0. The average Bonchev–Trinajstić information content (AvgIpc) is 2.89. The maximum atomic E-state index is 2.32. The van der Waals surface area contributed by atoms with E-state index in [-0.39, 0.29) is 0 Å². The van der Waals surface area contributed by atoms with Crippen molar-refractivity contribution in [1.29, 1.82) is 0 Å². The van der Waals surface area contributed by atoms with Crippen LogP contribution in [0.25, 0.3) is 32.7 Å². The van der Waals surface area contributed by atoms with Gasteiger partial charge in [-0.15, -0.1) is 0 Å². The smallest absolute Gasteiger partial charge is 0.0464 e. The molecule has 0 spiro atoms. The monoisotopic (exact) mass is 435 g/mol. The molecule has 0 aliphatic heterocycles. The van der Waals surface area contributed by atoms with Gasteiger partial charge in [-0.1, -0.05) is 91.0 Å². The van der Waals surface area contributed by atoms with Crippen molar-refractivity contribution in [1.82, 2.24) is 0 Å². The lowest BCUT2D eigenvalue weighted by Gasteiger charge is -2.26. The van der Waals surface area contributed by atoms with Crippen molar-refractivity contribution in [3.63, 3.8) is 0 Å². The highest BCUT2D eigenvalue weighted by atomic mass is 15.1. The van der Waals surface area contributed by atoms with E-state index in [1.165, 1.54) is 38.2 Å². The SMILES string of the molecule is Cc1cc(N(c2ccccc2)c2ccccc2)ccc1-c1c2ccccc2cc2ccccc12. The lowest BCUT2D eigenvalue weighted by atomic mass is 9.90. The van der Waals surface area contributed by atoms with Gasteiger partial charge in [-0.2, -0.15) is 0 Å². The van der Waals surface area contributed by atoms with E-state index in [9.17, 15) is 0 Å².